The van der Waals surface area contributed by atoms with Crippen molar-refractivity contribution in [3.8, 4) is 11.3 Å². The van der Waals surface area contributed by atoms with Crippen molar-refractivity contribution in [3.63, 3.8) is 0 Å². The molecule has 136 valence electrons. The maximum absolute atomic E-state index is 13.0. The number of nitrogens with zero attached hydrogens (tertiary/aromatic N) is 4. The number of aryl methyl sites for hydroxylation is 1. The Morgan fingerprint density at radius 1 is 1.19 bits per heavy atom. The minimum Gasteiger partial charge on any atom is -0.368 e. The van der Waals surface area contributed by atoms with Crippen molar-refractivity contribution in [1.29, 1.82) is 0 Å². The summed E-state index contributed by atoms with van der Waals surface area (Å²) in [5.74, 6) is 0.301. The molecule has 4 rings (SSSR count). The monoisotopic (exact) mass is 359 g/mol. The molecule has 2 aromatic heterocycles. The SMILES string of the molecule is Cc1ccccc1CC(=O)N1Cc2c(-c3ccncc3)nc(N)nc2C1C. The van der Waals surface area contributed by atoms with Crippen LogP contribution >= 0.6 is 0 Å². The normalized spacial score (nSPS) is 15.6. The summed E-state index contributed by atoms with van der Waals surface area (Å²) in [7, 11) is 0. The molecule has 1 atom stereocenters. The van der Waals surface area contributed by atoms with Crippen LogP contribution in [0.3, 0.4) is 0 Å². The van der Waals surface area contributed by atoms with Gasteiger partial charge in [-0.15, -0.1) is 0 Å². The molecule has 1 aliphatic rings. The van der Waals surface area contributed by atoms with Crippen molar-refractivity contribution in [2.75, 3.05) is 5.73 Å². The molecular weight excluding hydrogens is 338 g/mol. The van der Waals surface area contributed by atoms with Crippen molar-refractivity contribution in [2.24, 2.45) is 0 Å². The Morgan fingerprint density at radius 3 is 2.67 bits per heavy atom. The predicted octanol–water partition coefficient (Wildman–Crippen LogP) is 3.08. The van der Waals surface area contributed by atoms with Crippen LogP contribution in [0.1, 0.15) is 35.3 Å². The van der Waals surface area contributed by atoms with E-state index in [9.17, 15) is 4.79 Å². The van der Waals surface area contributed by atoms with Gasteiger partial charge in [0, 0.05) is 23.5 Å². The van der Waals surface area contributed by atoms with Gasteiger partial charge in [-0.1, -0.05) is 24.3 Å². The molecule has 6 nitrogen and oxygen atoms in total. The Hall–Kier alpha value is -3.28. The molecule has 1 aromatic carbocycles. The van der Waals surface area contributed by atoms with Crippen molar-refractivity contribution in [3.05, 3.63) is 71.2 Å². The van der Waals surface area contributed by atoms with Crippen molar-refractivity contribution in [1.82, 2.24) is 19.9 Å². The van der Waals surface area contributed by atoms with Crippen LogP contribution in [0.25, 0.3) is 11.3 Å². The summed E-state index contributed by atoms with van der Waals surface area (Å²) in [5.41, 5.74) is 11.6. The molecule has 1 unspecified atom stereocenters. The molecular formula is C21H21N5O. The van der Waals surface area contributed by atoms with Crippen LogP contribution in [-0.4, -0.2) is 25.8 Å². The molecule has 1 amide bonds. The van der Waals surface area contributed by atoms with Crippen LogP contribution in [0.4, 0.5) is 5.95 Å². The predicted molar refractivity (Wildman–Crippen MR) is 104 cm³/mol. The first kappa shape index (κ1) is 17.1. The zero-order valence-corrected chi connectivity index (χ0v) is 15.4. The number of hydrogen-bond donors (Lipinski definition) is 1. The first-order valence-electron chi connectivity index (χ1n) is 8.95. The Balaban J connectivity index is 1.67. The number of carbonyl (C=O) groups excluding carboxylic acids is 1. The second kappa shape index (κ2) is 6.79. The van der Waals surface area contributed by atoms with Gasteiger partial charge in [-0.2, -0.15) is 0 Å². The van der Waals surface area contributed by atoms with Crippen LogP contribution in [0.2, 0.25) is 0 Å². The average Bonchev–Trinajstić information content (AvgIpc) is 3.00. The molecule has 0 aliphatic carbocycles. The van der Waals surface area contributed by atoms with E-state index in [2.05, 4.69) is 15.0 Å². The highest BCUT2D eigenvalue weighted by Crippen LogP contribution is 2.37. The number of amides is 1. The topological polar surface area (TPSA) is 85.0 Å². The third kappa shape index (κ3) is 3.14. The van der Waals surface area contributed by atoms with Crippen molar-refractivity contribution in [2.45, 2.75) is 32.9 Å². The number of anilines is 1. The zero-order valence-electron chi connectivity index (χ0n) is 15.4. The quantitative estimate of drug-likeness (QED) is 0.777. The van der Waals surface area contributed by atoms with Gasteiger partial charge in [0.1, 0.15) is 0 Å². The number of hydrogen-bond acceptors (Lipinski definition) is 5. The molecule has 0 spiro atoms. The van der Waals surface area contributed by atoms with E-state index in [1.54, 1.807) is 12.4 Å². The molecule has 0 radical (unpaired) electrons. The smallest absolute Gasteiger partial charge is 0.227 e. The third-order valence-corrected chi connectivity index (χ3v) is 5.13. The highest BCUT2D eigenvalue weighted by molar-refractivity contribution is 5.81. The first-order valence-corrected chi connectivity index (χ1v) is 8.95. The molecule has 27 heavy (non-hydrogen) atoms. The lowest BCUT2D eigenvalue weighted by Gasteiger charge is -2.21. The van der Waals surface area contributed by atoms with Crippen molar-refractivity contribution < 1.29 is 4.79 Å². The summed E-state index contributed by atoms with van der Waals surface area (Å²) in [6.07, 6.45) is 3.82. The number of pyridine rings is 1. The Labute approximate surface area is 158 Å². The summed E-state index contributed by atoms with van der Waals surface area (Å²) >= 11 is 0. The lowest BCUT2D eigenvalue weighted by molar-refractivity contribution is -0.132. The van der Waals surface area contributed by atoms with Gasteiger partial charge in [0.15, 0.2) is 0 Å². The van der Waals surface area contributed by atoms with E-state index in [1.807, 2.05) is 55.1 Å². The fourth-order valence-corrected chi connectivity index (χ4v) is 3.60. The minimum absolute atomic E-state index is 0.0778. The van der Waals surface area contributed by atoms with Gasteiger partial charge in [-0.25, -0.2) is 9.97 Å². The lowest BCUT2D eigenvalue weighted by atomic mass is 10.1. The summed E-state index contributed by atoms with van der Waals surface area (Å²) < 4.78 is 0. The van der Waals surface area contributed by atoms with Gasteiger partial charge in [0.05, 0.1) is 30.4 Å². The molecule has 0 fully saturated rings. The first-order chi connectivity index (χ1) is 13.0. The molecule has 3 aromatic rings. The van der Waals surface area contributed by atoms with Crippen LogP contribution in [0.5, 0.6) is 0 Å². The van der Waals surface area contributed by atoms with E-state index in [-0.39, 0.29) is 17.9 Å². The van der Waals surface area contributed by atoms with Crippen LogP contribution < -0.4 is 5.73 Å². The second-order valence-corrected chi connectivity index (χ2v) is 6.83. The Kier molecular flexibility index (Phi) is 4.32. The number of rotatable bonds is 3. The number of nitrogens with two attached hydrogens (primary N) is 1. The molecule has 6 heteroatoms. The fraction of sp³-hybridized carbons (Fsp3) is 0.238. The van der Waals surface area contributed by atoms with Gasteiger partial charge in [0.2, 0.25) is 11.9 Å². The summed E-state index contributed by atoms with van der Waals surface area (Å²) in [5, 5.41) is 0. The number of nitrogen functional groups attached to an aromatic ring is 1. The molecule has 3 heterocycles. The van der Waals surface area contributed by atoms with Gasteiger partial charge >= 0.3 is 0 Å². The largest absolute Gasteiger partial charge is 0.368 e. The van der Waals surface area contributed by atoms with Gasteiger partial charge in [0.25, 0.3) is 0 Å². The minimum atomic E-state index is -0.137. The number of carbonyl (C=O) groups is 1. The second-order valence-electron chi connectivity index (χ2n) is 6.83. The van der Waals surface area contributed by atoms with E-state index in [0.29, 0.717) is 13.0 Å². The zero-order chi connectivity index (χ0) is 19.0. The van der Waals surface area contributed by atoms with E-state index in [0.717, 1.165) is 33.6 Å². The lowest BCUT2D eigenvalue weighted by Crippen LogP contribution is -2.30. The van der Waals surface area contributed by atoms with Crippen LogP contribution in [-0.2, 0) is 17.8 Å². The highest BCUT2D eigenvalue weighted by Gasteiger charge is 2.34. The summed E-state index contributed by atoms with van der Waals surface area (Å²) in [6.45, 7) is 4.50. The Morgan fingerprint density at radius 2 is 1.93 bits per heavy atom. The van der Waals surface area contributed by atoms with Gasteiger partial charge in [-0.05, 0) is 37.1 Å². The van der Waals surface area contributed by atoms with Crippen LogP contribution in [0.15, 0.2) is 48.8 Å². The standard InChI is InChI=1S/C21H21N5O/c1-13-5-3-4-6-16(13)11-18(27)26-12-17-19(14(26)2)24-21(22)25-20(17)15-7-9-23-10-8-15/h3-10,14H,11-12H2,1-2H3,(H2,22,24,25). The molecule has 2 N–H and O–H groups in total. The summed E-state index contributed by atoms with van der Waals surface area (Å²) in [4.78, 5) is 27.8. The molecule has 0 saturated heterocycles. The Bertz CT molecular complexity index is 1000. The highest BCUT2D eigenvalue weighted by atomic mass is 16.2. The third-order valence-electron chi connectivity index (χ3n) is 5.13. The number of aromatic nitrogens is 3. The average molecular weight is 359 g/mol. The van der Waals surface area contributed by atoms with Crippen molar-refractivity contribution >= 4 is 11.9 Å². The van der Waals surface area contributed by atoms with E-state index < -0.39 is 0 Å². The maximum Gasteiger partial charge on any atom is 0.227 e. The van der Waals surface area contributed by atoms with E-state index in [1.165, 1.54) is 0 Å². The molecule has 0 bridgehead atoms. The summed E-state index contributed by atoms with van der Waals surface area (Å²) in [6, 6.07) is 11.6. The number of fused-ring (bicyclic) bond motifs is 1. The van der Waals surface area contributed by atoms with E-state index in [4.69, 9.17) is 5.73 Å². The number of benzene rings is 1. The van der Waals surface area contributed by atoms with Gasteiger partial charge < -0.3 is 10.6 Å². The van der Waals surface area contributed by atoms with E-state index >= 15 is 0 Å². The van der Waals surface area contributed by atoms with Crippen LogP contribution in [0, 0.1) is 6.92 Å². The molecule has 1 aliphatic heterocycles. The van der Waals surface area contributed by atoms with Gasteiger partial charge in [-0.3, -0.25) is 9.78 Å². The maximum atomic E-state index is 13.0. The molecule has 0 saturated carbocycles. The fourth-order valence-electron chi connectivity index (χ4n) is 3.60.